The predicted molar refractivity (Wildman–Crippen MR) is 117 cm³/mol. The van der Waals surface area contributed by atoms with Gasteiger partial charge in [0.2, 0.25) is 0 Å². The molecule has 0 radical (unpaired) electrons. The number of hydrogen-bond acceptors (Lipinski definition) is 5. The third kappa shape index (κ3) is 4.92. The highest BCUT2D eigenvalue weighted by molar-refractivity contribution is 7.89. The van der Waals surface area contributed by atoms with E-state index in [9.17, 15) is 17.6 Å². The maximum Gasteiger partial charge on any atom is 0.276 e. The Labute approximate surface area is 178 Å². The van der Waals surface area contributed by atoms with E-state index >= 15 is 0 Å². The highest BCUT2D eigenvalue weighted by atomic mass is 32.2. The van der Waals surface area contributed by atoms with Crippen molar-refractivity contribution >= 4 is 38.7 Å². The van der Waals surface area contributed by atoms with Crippen molar-refractivity contribution in [3.05, 3.63) is 81.3 Å². The molecule has 3 rings (SSSR count). The van der Waals surface area contributed by atoms with Crippen molar-refractivity contribution in [3.63, 3.8) is 0 Å². The minimum absolute atomic E-state index is 0.0945. The Morgan fingerprint density at radius 3 is 2.43 bits per heavy atom. The van der Waals surface area contributed by atoms with Crippen molar-refractivity contribution in [2.24, 2.45) is 5.10 Å². The fraction of sp³-hybridized carbons (Fsp3) is 0.143. The molecule has 9 heteroatoms. The lowest BCUT2D eigenvalue weighted by molar-refractivity contribution is 0.102. The van der Waals surface area contributed by atoms with Crippen LogP contribution in [0, 0.1) is 19.7 Å². The molecule has 1 amide bonds. The van der Waals surface area contributed by atoms with E-state index < -0.39 is 15.8 Å². The van der Waals surface area contributed by atoms with Crippen molar-refractivity contribution < 1.29 is 17.6 Å². The molecule has 0 atom stereocenters. The molecule has 1 heterocycles. The number of anilines is 1. The van der Waals surface area contributed by atoms with Crippen LogP contribution in [0.3, 0.4) is 0 Å². The van der Waals surface area contributed by atoms with Crippen LogP contribution in [0.1, 0.15) is 33.3 Å². The van der Waals surface area contributed by atoms with Crippen molar-refractivity contribution in [1.29, 1.82) is 0 Å². The lowest BCUT2D eigenvalue weighted by Crippen LogP contribution is -2.20. The van der Waals surface area contributed by atoms with Crippen LogP contribution in [0.4, 0.5) is 10.1 Å². The minimum Gasteiger partial charge on any atom is -0.322 e. The van der Waals surface area contributed by atoms with Crippen molar-refractivity contribution in [3.8, 4) is 0 Å². The molecule has 0 aliphatic rings. The summed E-state index contributed by atoms with van der Waals surface area (Å²) in [7, 11) is -3.92. The van der Waals surface area contributed by atoms with E-state index in [1.54, 1.807) is 31.2 Å². The van der Waals surface area contributed by atoms with Gasteiger partial charge in [0.1, 0.15) is 5.82 Å². The number of hydrazone groups is 1. The van der Waals surface area contributed by atoms with Gasteiger partial charge in [-0.05, 0) is 68.3 Å². The molecule has 0 bridgehead atoms. The van der Waals surface area contributed by atoms with Crippen molar-refractivity contribution in [2.75, 3.05) is 5.32 Å². The molecule has 2 N–H and O–H groups in total. The minimum atomic E-state index is -3.92. The number of hydrogen-bond donors (Lipinski definition) is 2. The molecular formula is C21H20FN3O3S2. The van der Waals surface area contributed by atoms with Crippen LogP contribution in [0.2, 0.25) is 0 Å². The molecule has 1 aromatic heterocycles. The summed E-state index contributed by atoms with van der Waals surface area (Å²) in [6, 6.07) is 11.4. The van der Waals surface area contributed by atoms with Gasteiger partial charge in [-0.25, -0.2) is 4.39 Å². The van der Waals surface area contributed by atoms with E-state index in [0.29, 0.717) is 22.5 Å². The van der Waals surface area contributed by atoms with Crippen LogP contribution >= 0.6 is 11.3 Å². The molecule has 0 aliphatic heterocycles. The lowest BCUT2D eigenvalue weighted by Gasteiger charge is -2.08. The third-order valence-electron chi connectivity index (χ3n) is 4.53. The maximum absolute atomic E-state index is 13.0. The Morgan fingerprint density at radius 1 is 1.10 bits per heavy atom. The molecule has 0 unspecified atom stereocenters. The summed E-state index contributed by atoms with van der Waals surface area (Å²) in [5.74, 6) is -0.735. The fourth-order valence-corrected chi connectivity index (χ4v) is 4.34. The number of nitrogens with zero attached hydrogens (tertiary/aromatic N) is 1. The van der Waals surface area contributed by atoms with Crippen LogP contribution in [-0.4, -0.2) is 20.0 Å². The first kappa shape index (κ1) is 21.7. The van der Waals surface area contributed by atoms with Gasteiger partial charge in [0.05, 0.1) is 16.2 Å². The van der Waals surface area contributed by atoms with E-state index in [2.05, 4.69) is 15.2 Å². The van der Waals surface area contributed by atoms with E-state index in [4.69, 9.17) is 0 Å². The normalized spacial score (nSPS) is 11.9. The summed E-state index contributed by atoms with van der Waals surface area (Å²) >= 11 is 1.52. The third-order valence-corrected chi connectivity index (χ3v) is 6.76. The second-order valence-corrected chi connectivity index (χ2v) is 9.36. The van der Waals surface area contributed by atoms with E-state index in [-0.39, 0.29) is 10.8 Å². The van der Waals surface area contributed by atoms with Gasteiger partial charge in [0.25, 0.3) is 15.9 Å². The largest absolute Gasteiger partial charge is 0.322 e. The summed E-state index contributed by atoms with van der Waals surface area (Å²) in [4.78, 5) is 15.6. The second-order valence-electron chi connectivity index (χ2n) is 6.61. The van der Waals surface area contributed by atoms with Crippen LogP contribution in [0.25, 0.3) is 0 Å². The number of nitrogens with one attached hydrogen (secondary N) is 2. The molecule has 2 aromatic carbocycles. The number of rotatable bonds is 6. The van der Waals surface area contributed by atoms with Gasteiger partial charge in [-0.1, -0.05) is 12.1 Å². The second kappa shape index (κ2) is 8.76. The van der Waals surface area contributed by atoms with Crippen molar-refractivity contribution in [1.82, 2.24) is 4.83 Å². The number of thiophene rings is 1. The van der Waals surface area contributed by atoms with Gasteiger partial charge in [-0.2, -0.15) is 18.4 Å². The molecule has 3 aromatic rings. The standard InChI is InChI=1S/C21H20FN3O3S2/c1-13-15(3)29-12-20(13)21(26)23-18-6-4-5-16(11-18)14(2)24-25-30(27,28)19-9-7-17(22)8-10-19/h4-12,25H,1-3H3,(H,23,26)/b24-14+. The molecule has 6 nitrogen and oxygen atoms in total. The fourth-order valence-electron chi connectivity index (χ4n) is 2.62. The van der Waals surface area contributed by atoms with Gasteiger partial charge < -0.3 is 5.32 Å². The van der Waals surface area contributed by atoms with Crippen molar-refractivity contribution in [2.45, 2.75) is 25.7 Å². The van der Waals surface area contributed by atoms with E-state index in [0.717, 1.165) is 34.7 Å². The summed E-state index contributed by atoms with van der Waals surface area (Å²) in [6.07, 6.45) is 0. The van der Waals surface area contributed by atoms with Gasteiger partial charge in [-0.3, -0.25) is 4.79 Å². The summed E-state index contributed by atoms with van der Waals surface area (Å²) in [5.41, 5.74) is 3.17. The molecule has 30 heavy (non-hydrogen) atoms. The van der Waals surface area contributed by atoms with Gasteiger partial charge in [0.15, 0.2) is 0 Å². The Hall–Kier alpha value is -3.04. The van der Waals surface area contributed by atoms with E-state index in [1.165, 1.54) is 11.3 Å². The zero-order chi connectivity index (χ0) is 21.9. The summed E-state index contributed by atoms with van der Waals surface area (Å²) in [5, 5.41) is 8.60. The quantitative estimate of drug-likeness (QED) is 0.434. The highest BCUT2D eigenvalue weighted by Gasteiger charge is 2.14. The number of amides is 1. The SMILES string of the molecule is C/C(=N\NS(=O)(=O)c1ccc(F)cc1)c1cccc(NC(=O)c2csc(C)c2C)c1. The summed E-state index contributed by atoms with van der Waals surface area (Å²) < 4.78 is 37.6. The topological polar surface area (TPSA) is 87.6 Å². The molecular weight excluding hydrogens is 425 g/mol. The monoisotopic (exact) mass is 445 g/mol. The smallest absolute Gasteiger partial charge is 0.276 e. The van der Waals surface area contributed by atoms with Gasteiger partial charge in [-0.15, -0.1) is 11.3 Å². The molecule has 156 valence electrons. The number of carbonyl (C=O) groups excluding carboxylic acids is 1. The molecule has 0 saturated heterocycles. The van der Waals surface area contributed by atoms with Crippen LogP contribution < -0.4 is 10.1 Å². The highest BCUT2D eigenvalue weighted by Crippen LogP contribution is 2.22. The van der Waals surface area contributed by atoms with Gasteiger partial charge >= 0.3 is 0 Å². The number of halogens is 1. The zero-order valence-corrected chi connectivity index (χ0v) is 18.2. The van der Waals surface area contributed by atoms with E-state index in [1.807, 2.05) is 19.2 Å². The number of sulfonamides is 1. The van der Waals surface area contributed by atoms with Crippen LogP contribution in [0.15, 0.2) is 63.9 Å². The number of aryl methyl sites for hydroxylation is 1. The van der Waals surface area contributed by atoms with Gasteiger partial charge in [0, 0.05) is 15.9 Å². The Bertz CT molecular complexity index is 1220. The molecule has 0 spiro atoms. The average Bonchev–Trinajstić information content (AvgIpc) is 3.05. The predicted octanol–water partition coefficient (Wildman–Crippen LogP) is 4.46. The molecule has 0 fully saturated rings. The first-order chi connectivity index (χ1) is 14.2. The number of benzene rings is 2. The number of carbonyl (C=O) groups is 1. The molecule has 0 saturated carbocycles. The zero-order valence-electron chi connectivity index (χ0n) is 16.6. The lowest BCUT2D eigenvalue weighted by atomic mass is 10.1. The first-order valence-corrected chi connectivity index (χ1v) is 11.3. The first-order valence-electron chi connectivity index (χ1n) is 8.95. The average molecular weight is 446 g/mol. The Morgan fingerprint density at radius 2 is 1.80 bits per heavy atom. The van der Waals surface area contributed by atoms with Crippen LogP contribution in [-0.2, 0) is 10.0 Å². The summed E-state index contributed by atoms with van der Waals surface area (Å²) in [6.45, 7) is 5.51. The maximum atomic E-state index is 13.0. The Kier molecular flexibility index (Phi) is 6.33. The molecule has 0 aliphatic carbocycles. The Balaban J connectivity index is 1.75. The van der Waals surface area contributed by atoms with Crippen LogP contribution in [0.5, 0.6) is 0 Å².